The monoisotopic (exact) mass is 470 g/mol. The minimum absolute atomic E-state index is 0.259. The molecule has 0 unspecified atom stereocenters. The minimum Gasteiger partial charge on any atom is -0.432 e. The number of halogens is 4. The van der Waals surface area contributed by atoms with Crippen molar-refractivity contribution in [1.82, 2.24) is 0 Å². The molecule has 3 aromatic carbocycles. The number of hydrogen-bond acceptors (Lipinski definition) is 1. The van der Waals surface area contributed by atoms with Crippen LogP contribution in [0.4, 0.5) is 17.6 Å². The van der Waals surface area contributed by atoms with E-state index in [1.807, 2.05) is 18.2 Å². The van der Waals surface area contributed by atoms with E-state index in [9.17, 15) is 13.2 Å². The first-order chi connectivity index (χ1) is 16.4. The topological polar surface area (TPSA) is 9.23 Å². The van der Waals surface area contributed by atoms with Crippen LogP contribution in [0.3, 0.4) is 0 Å². The molecule has 1 aliphatic rings. The van der Waals surface area contributed by atoms with Crippen molar-refractivity contribution in [2.45, 2.75) is 58.0 Å². The second-order valence-electron chi connectivity index (χ2n) is 9.29. The Morgan fingerprint density at radius 2 is 1.62 bits per heavy atom. The van der Waals surface area contributed by atoms with E-state index in [0.29, 0.717) is 35.3 Å². The van der Waals surface area contributed by atoms with E-state index < -0.39 is 18.2 Å². The molecular formula is C29H30F4O. The maximum atomic E-state index is 15.2. The Labute approximate surface area is 198 Å². The molecule has 1 saturated carbocycles. The average Bonchev–Trinajstić information content (AvgIpc) is 2.84. The van der Waals surface area contributed by atoms with Crippen LogP contribution in [0.5, 0.6) is 5.75 Å². The Morgan fingerprint density at radius 1 is 0.882 bits per heavy atom. The van der Waals surface area contributed by atoms with Crippen LogP contribution in [-0.2, 0) is 19.3 Å². The standard InChI is InChI=1S/C29H30F4O/c1-2-19-3-5-20(6-4-19)7-8-21-10-15-25-24(17-21)14-13-23(28(25)31)12-9-22-11-16-27(26(30)18-22)34-29(32)33/h2,10-11,13-20,29H,1,3-9,12H2. The Morgan fingerprint density at radius 3 is 2.32 bits per heavy atom. The Balaban J connectivity index is 1.38. The van der Waals surface area contributed by atoms with Gasteiger partial charge in [0.05, 0.1) is 0 Å². The van der Waals surface area contributed by atoms with Crippen molar-refractivity contribution in [3.05, 3.63) is 89.5 Å². The fraction of sp³-hybridized carbons (Fsp3) is 0.379. The van der Waals surface area contributed by atoms with Gasteiger partial charge in [-0.05, 0) is 97.4 Å². The molecule has 1 aliphatic carbocycles. The first kappa shape index (κ1) is 24.3. The molecular weight excluding hydrogens is 440 g/mol. The third-order valence-electron chi connectivity index (χ3n) is 7.06. The SMILES string of the molecule is C=CC1CCC(CCc2ccc3c(F)c(CCc4ccc(OC(F)F)c(F)c4)ccc3c2)CC1. The van der Waals surface area contributed by atoms with Gasteiger partial charge >= 0.3 is 6.61 Å². The predicted octanol–water partition coefficient (Wildman–Crippen LogP) is 8.43. The molecule has 3 aromatic rings. The summed E-state index contributed by atoms with van der Waals surface area (Å²) in [7, 11) is 0. The van der Waals surface area contributed by atoms with Crippen molar-refractivity contribution in [2.75, 3.05) is 0 Å². The highest BCUT2D eigenvalue weighted by Crippen LogP contribution is 2.32. The summed E-state index contributed by atoms with van der Waals surface area (Å²) in [6.45, 7) is 0.835. The van der Waals surface area contributed by atoms with Gasteiger partial charge in [0, 0.05) is 5.39 Å². The lowest BCUT2D eigenvalue weighted by Gasteiger charge is -2.26. The van der Waals surface area contributed by atoms with Gasteiger partial charge in [-0.3, -0.25) is 0 Å². The fourth-order valence-electron chi connectivity index (χ4n) is 4.99. The van der Waals surface area contributed by atoms with Crippen molar-refractivity contribution >= 4 is 10.8 Å². The summed E-state index contributed by atoms with van der Waals surface area (Å²) in [5.74, 6) is -0.169. The van der Waals surface area contributed by atoms with Crippen LogP contribution in [0.1, 0.15) is 48.8 Å². The summed E-state index contributed by atoms with van der Waals surface area (Å²) >= 11 is 0. The van der Waals surface area contributed by atoms with Gasteiger partial charge in [-0.25, -0.2) is 8.78 Å². The quantitative estimate of drug-likeness (QED) is 0.225. The zero-order valence-electron chi connectivity index (χ0n) is 19.2. The molecule has 180 valence electrons. The van der Waals surface area contributed by atoms with Crippen LogP contribution < -0.4 is 4.74 Å². The lowest BCUT2D eigenvalue weighted by atomic mass is 9.79. The van der Waals surface area contributed by atoms with Gasteiger partial charge in [-0.2, -0.15) is 8.78 Å². The van der Waals surface area contributed by atoms with Gasteiger partial charge in [0.25, 0.3) is 0 Å². The summed E-state index contributed by atoms with van der Waals surface area (Å²) < 4.78 is 57.8. The summed E-state index contributed by atoms with van der Waals surface area (Å²) in [5, 5.41) is 1.47. The number of fused-ring (bicyclic) bond motifs is 1. The van der Waals surface area contributed by atoms with Crippen molar-refractivity contribution in [3.63, 3.8) is 0 Å². The molecule has 0 N–H and O–H groups in total. The van der Waals surface area contributed by atoms with E-state index in [1.165, 1.54) is 43.4 Å². The van der Waals surface area contributed by atoms with Crippen molar-refractivity contribution in [1.29, 1.82) is 0 Å². The molecule has 4 rings (SSSR count). The van der Waals surface area contributed by atoms with Crippen molar-refractivity contribution in [2.24, 2.45) is 11.8 Å². The van der Waals surface area contributed by atoms with Crippen molar-refractivity contribution in [3.8, 4) is 5.75 Å². The predicted molar refractivity (Wildman–Crippen MR) is 128 cm³/mol. The molecule has 0 bridgehead atoms. The molecule has 0 radical (unpaired) electrons. The average molecular weight is 471 g/mol. The Hall–Kier alpha value is -2.82. The maximum Gasteiger partial charge on any atom is 0.387 e. The number of alkyl halides is 2. The molecule has 1 fully saturated rings. The van der Waals surface area contributed by atoms with Gasteiger partial charge in [-0.15, -0.1) is 6.58 Å². The summed E-state index contributed by atoms with van der Waals surface area (Å²) in [6.07, 6.45) is 10.0. The van der Waals surface area contributed by atoms with Gasteiger partial charge < -0.3 is 4.74 Å². The molecule has 5 heteroatoms. The maximum absolute atomic E-state index is 15.2. The van der Waals surface area contributed by atoms with Gasteiger partial charge in [0.2, 0.25) is 0 Å². The summed E-state index contributed by atoms with van der Waals surface area (Å²) in [4.78, 5) is 0. The molecule has 0 atom stereocenters. The molecule has 0 spiro atoms. The third-order valence-corrected chi connectivity index (χ3v) is 7.06. The number of hydrogen-bond donors (Lipinski definition) is 0. The highest BCUT2D eigenvalue weighted by molar-refractivity contribution is 5.84. The van der Waals surface area contributed by atoms with Gasteiger partial charge in [0.15, 0.2) is 11.6 Å². The molecule has 0 amide bonds. The first-order valence-electron chi connectivity index (χ1n) is 12.0. The molecule has 0 heterocycles. The van der Waals surface area contributed by atoms with Crippen LogP contribution >= 0.6 is 0 Å². The Kier molecular flexibility index (Phi) is 7.91. The molecule has 1 nitrogen and oxygen atoms in total. The van der Waals surface area contributed by atoms with Gasteiger partial charge in [-0.1, -0.05) is 42.5 Å². The van der Waals surface area contributed by atoms with E-state index in [2.05, 4.69) is 23.5 Å². The molecule has 0 aromatic heterocycles. The van der Waals surface area contributed by atoms with Crippen LogP contribution in [0, 0.1) is 23.5 Å². The van der Waals surface area contributed by atoms with E-state index in [-0.39, 0.29) is 5.82 Å². The number of rotatable bonds is 9. The molecule has 0 aliphatic heterocycles. The smallest absolute Gasteiger partial charge is 0.387 e. The van der Waals surface area contributed by atoms with Crippen molar-refractivity contribution < 1.29 is 22.3 Å². The van der Waals surface area contributed by atoms with Crippen LogP contribution in [0.25, 0.3) is 10.8 Å². The second-order valence-corrected chi connectivity index (χ2v) is 9.29. The second kappa shape index (κ2) is 11.1. The van der Waals surface area contributed by atoms with E-state index in [1.54, 1.807) is 6.07 Å². The fourth-order valence-corrected chi connectivity index (χ4v) is 4.99. The lowest BCUT2D eigenvalue weighted by molar-refractivity contribution is -0.0522. The molecule has 0 saturated heterocycles. The van der Waals surface area contributed by atoms with Gasteiger partial charge in [0.1, 0.15) is 5.82 Å². The van der Waals surface area contributed by atoms with E-state index in [4.69, 9.17) is 0 Å². The normalized spacial score (nSPS) is 18.4. The highest BCUT2D eigenvalue weighted by atomic mass is 19.3. The lowest BCUT2D eigenvalue weighted by Crippen LogP contribution is -2.13. The Bertz CT molecular complexity index is 1130. The number of ether oxygens (including phenoxy) is 1. The minimum atomic E-state index is -3.08. The van der Waals surface area contributed by atoms with Crippen LogP contribution in [-0.4, -0.2) is 6.61 Å². The largest absolute Gasteiger partial charge is 0.432 e. The van der Waals surface area contributed by atoms with E-state index >= 15 is 4.39 Å². The zero-order valence-corrected chi connectivity index (χ0v) is 19.2. The first-order valence-corrected chi connectivity index (χ1v) is 12.0. The van der Waals surface area contributed by atoms with E-state index in [0.717, 1.165) is 30.2 Å². The number of benzene rings is 3. The highest BCUT2D eigenvalue weighted by Gasteiger charge is 2.19. The van der Waals surface area contributed by atoms with Crippen LogP contribution in [0.15, 0.2) is 61.2 Å². The molecule has 34 heavy (non-hydrogen) atoms. The third kappa shape index (κ3) is 5.99. The number of allylic oxidation sites excluding steroid dienone is 1. The van der Waals surface area contributed by atoms with Crippen LogP contribution in [0.2, 0.25) is 0 Å². The zero-order chi connectivity index (χ0) is 24.1. The summed E-state index contributed by atoms with van der Waals surface area (Å²) in [5.41, 5.74) is 2.37. The number of aryl methyl sites for hydroxylation is 3. The summed E-state index contributed by atoms with van der Waals surface area (Å²) in [6, 6.07) is 13.5.